The molecule has 0 bridgehead atoms. The molecule has 2 heterocycles. The van der Waals surface area contributed by atoms with E-state index in [9.17, 15) is 13.7 Å². The Kier molecular flexibility index (Phi) is 5.21. The molecule has 0 aliphatic rings. The smallest absolute Gasteiger partial charge is 0.242 e. The largest absolute Gasteiger partial charge is 0.419 e. The van der Waals surface area contributed by atoms with Crippen molar-refractivity contribution >= 4 is 15.9 Å². The fraction of sp³-hybridized carbons (Fsp3) is 0.167. The Hall–Kier alpha value is -3.22. The molecule has 138 valence electrons. The van der Waals surface area contributed by atoms with E-state index in [1.54, 1.807) is 24.5 Å². The molecule has 3 aromatic rings. The molecule has 0 fully saturated rings. The van der Waals surface area contributed by atoms with Crippen molar-refractivity contribution in [3.8, 4) is 17.5 Å². The Morgan fingerprint density at radius 1 is 1.22 bits per heavy atom. The lowest BCUT2D eigenvalue weighted by molar-refractivity contribution is 0.520. The van der Waals surface area contributed by atoms with Crippen molar-refractivity contribution < 1.29 is 12.8 Å². The number of pyridine rings is 1. The average molecular weight is 383 g/mol. The van der Waals surface area contributed by atoms with Crippen molar-refractivity contribution in [3.05, 3.63) is 60.0 Å². The molecule has 0 saturated carbocycles. The Balaban J connectivity index is 1.83. The lowest BCUT2D eigenvalue weighted by Crippen LogP contribution is -2.22. The first-order valence-corrected chi connectivity index (χ1v) is 9.42. The molecule has 0 atom stereocenters. The van der Waals surface area contributed by atoms with Crippen LogP contribution < -0.4 is 5.32 Å². The Morgan fingerprint density at radius 2 is 1.96 bits per heavy atom. The Labute approximate surface area is 157 Å². The molecule has 1 N–H and O–H groups in total. The predicted octanol–water partition coefficient (Wildman–Crippen LogP) is 2.47. The first-order valence-electron chi connectivity index (χ1n) is 7.98. The molecular weight excluding hydrogens is 366 g/mol. The van der Waals surface area contributed by atoms with Crippen molar-refractivity contribution in [2.45, 2.75) is 11.4 Å². The van der Waals surface area contributed by atoms with Crippen LogP contribution in [0, 0.1) is 11.3 Å². The highest BCUT2D eigenvalue weighted by atomic mass is 32.2. The van der Waals surface area contributed by atoms with Crippen molar-refractivity contribution in [1.29, 1.82) is 5.26 Å². The van der Waals surface area contributed by atoms with E-state index >= 15 is 0 Å². The molecule has 0 aliphatic heterocycles. The van der Waals surface area contributed by atoms with E-state index in [0.717, 1.165) is 9.87 Å². The van der Waals surface area contributed by atoms with Gasteiger partial charge in [-0.1, -0.05) is 6.07 Å². The normalized spacial score (nSPS) is 11.3. The number of hydrogen-bond donors (Lipinski definition) is 1. The van der Waals surface area contributed by atoms with Crippen LogP contribution in [0.2, 0.25) is 0 Å². The van der Waals surface area contributed by atoms with Crippen LogP contribution in [0.25, 0.3) is 11.5 Å². The first kappa shape index (κ1) is 18.6. The minimum Gasteiger partial charge on any atom is -0.419 e. The quantitative estimate of drug-likeness (QED) is 0.696. The molecule has 0 spiro atoms. The molecule has 0 amide bonds. The van der Waals surface area contributed by atoms with Gasteiger partial charge >= 0.3 is 0 Å². The molecule has 0 saturated heterocycles. The van der Waals surface area contributed by atoms with Crippen molar-refractivity contribution in [2.75, 3.05) is 19.4 Å². The fourth-order valence-electron chi connectivity index (χ4n) is 2.30. The fourth-order valence-corrected chi connectivity index (χ4v) is 3.21. The number of oxazole rings is 1. The van der Waals surface area contributed by atoms with Gasteiger partial charge in [0.25, 0.3) is 0 Å². The molecule has 0 radical (unpaired) electrons. The minimum atomic E-state index is -3.51. The third-order valence-electron chi connectivity index (χ3n) is 3.79. The summed E-state index contributed by atoms with van der Waals surface area (Å²) < 4.78 is 31.1. The van der Waals surface area contributed by atoms with Crippen LogP contribution >= 0.6 is 0 Å². The zero-order valence-corrected chi connectivity index (χ0v) is 15.6. The second kappa shape index (κ2) is 7.57. The van der Waals surface area contributed by atoms with Gasteiger partial charge in [-0.2, -0.15) is 10.2 Å². The Morgan fingerprint density at radius 3 is 2.56 bits per heavy atom. The van der Waals surface area contributed by atoms with Gasteiger partial charge in [-0.3, -0.25) is 4.98 Å². The van der Waals surface area contributed by atoms with E-state index in [1.165, 1.54) is 26.2 Å². The van der Waals surface area contributed by atoms with E-state index in [-0.39, 0.29) is 22.4 Å². The summed E-state index contributed by atoms with van der Waals surface area (Å²) in [7, 11) is -0.573. The number of anilines is 1. The van der Waals surface area contributed by atoms with Gasteiger partial charge in [-0.05, 0) is 35.9 Å². The second-order valence-corrected chi connectivity index (χ2v) is 7.99. The van der Waals surface area contributed by atoms with Crippen LogP contribution in [0.5, 0.6) is 0 Å². The second-order valence-electron chi connectivity index (χ2n) is 5.84. The third-order valence-corrected chi connectivity index (χ3v) is 5.62. The van der Waals surface area contributed by atoms with Crippen LogP contribution in [-0.2, 0) is 16.6 Å². The van der Waals surface area contributed by atoms with Gasteiger partial charge in [0.1, 0.15) is 6.07 Å². The monoisotopic (exact) mass is 383 g/mol. The molecule has 0 unspecified atom stereocenters. The van der Waals surface area contributed by atoms with Crippen LogP contribution in [0.3, 0.4) is 0 Å². The lowest BCUT2D eigenvalue weighted by Gasteiger charge is -2.11. The molecule has 8 nitrogen and oxygen atoms in total. The third kappa shape index (κ3) is 3.97. The summed E-state index contributed by atoms with van der Waals surface area (Å²) in [6, 6.07) is 11.8. The molecule has 1 aromatic carbocycles. The highest BCUT2D eigenvalue weighted by Crippen LogP contribution is 2.27. The van der Waals surface area contributed by atoms with Gasteiger partial charge in [0.2, 0.25) is 27.5 Å². The highest BCUT2D eigenvalue weighted by molar-refractivity contribution is 7.89. The summed E-state index contributed by atoms with van der Waals surface area (Å²) in [5, 5.41) is 12.3. The minimum absolute atomic E-state index is 0.124. The summed E-state index contributed by atoms with van der Waals surface area (Å²) in [5.74, 6) is 0.482. The number of benzene rings is 1. The van der Waals surface area contributed by atoms with Gasteiger partial charge in [-0.15, -0.1) is 0 Å². The zero-order valence-electron chi connectivity index (χ0n) is 14.7. The van der Waals surface area contributed by atoms with Gasteiger partial charge in [0.15, 0.2) is 0 Å². The number of nitrogens with one attached hydrogen (secondary N) is 1. The summed E-state index contributed by atoms with van der Waals surface area (Å²) >= 11 is 0. The van der Waals surface area contributed by atoms with E-state index in [4.69, 9.17) is 4.42 Å². The van der Waals surface area contributed by atoms with Gasteiger partial charge in [-0.25, -0.2) is 12.7 Å². The van der Waals surface area contributed by atoms with Crippen molar-refractivity contribution in [3.63, 3.8) is 0 Å². The van der Waals surface area contributed by atoms with Crippen LogP contribution in [-0.4, -0.2) is 36.8 Å². The zero-order chi connectivity index (χ0) is 19.4. The molecule has 3 rings (SSSR count). The number of aromatic nitrogens is 2. The van der Waals surface area contributed by atoms with Crippen molar-refractivity contribution in [1.82, 2.24) is 14.3 Å². The van der Waals surface area contributed by atoms with E-state index in [1.807, 2.05) is 18.2 Å². The molecule has 0 aliphatic carbocycles. The molecule has 9 heteroatoms. The first-order chi connectivity index (χ1) is 12.9. The number of nitrogens with zero attached hydrogens (tertiary/aromatic N) is 4. The molecular formula is C18H17N5O3S. The average Bonchev–Trinajstić information content (AvgIpc) is 3.10. The van der Waals surface area contributed by atoms with Crippen molar-refractivity contribution in [2.24, 2.45) is 0 Å². The summed E-state index contributed by atoms with van der Waals surface area (Å²) in [6.07, 6.45) is 3.39. The SMILES string of the molecule is CN(C)S(=O)(=O)c1ccc(-c2nc(C#N)c(NCc3cccnc3)o2)cc1. The van der Waals surface area contributed by atoms with Gasteiger partial charge in [0.05, 0.1) is 4.90 Å². The van der Waals surface area contributed by atoms with Crippen LogP contribution in [0.1, 0.15) is 11.3 Å². The molecule has 2 aromatic heterocycles. The maximum atomic E-state index is 12.1. The maximum Gasteiger partial charge on any atom is 0.242 e. The van der Waals surface area contributed by atoms with Gasteiger partial charge < -0.3 is 9.73 Å². The number of sulfonamides is 1. The highest BCUT2D eigenvalue weighted by Gasteiger charge is 2.18. The van der Waals surface area contributed by atoms with E-state index < -0.39 is 10.0 Å². The number of rotatable bonds is 6. The van der Waals surface area contributed by atoms with Crippen LogP contribution in [0.4, 0.5) is 5.88 Å². The summed E-state index contributed by atoms with van der Waals surface area (Å²) in [6.45, 7) is 0.428. The Bertz CT molecular complexity index is 1070. The van der Waals surface area contributed by atoms with Gasteiger partial charge in [0, 0.05) is 38.6 Å². The standard InChI is InChI=1S/C18H17N5O3S/c1-23(2)27(24,25)15-7-5-14(6-8-15)17-22-16(10-19)18(26-17)21-12-13-4-3-9-20-11-13/h3-9,11,21H,12H2,1-2H3. The summed E-state index contributed by atoms with van der Waals surface area (Å²) in [5.41, 5.74) is 1.62. The van der Waals surface area contributed by atoms with Crippen LogP contribution in [0.15, 0.2) is 58.1 Å². The number of nitriles is 1. The van der Waals surface area contributed by atoms with E-state index in [0.29, 0.717) is 12.1 Å². The topological polar surface area (TPSA) is 112 Å². The number of hydrogen-bond acceptors (Lipinski definition) is 7. The van der Waals surface area contributed by atoms with E-state index in [2.05, 4.69) is 15.3 Å². The lowest BCUT2D eigenvalue weighted by atomic mass is 10.2. The summed E-state index contributed by atoms with van der Waals surface area (Å²) in [4.78, 5) is 8.37. The predicted molar refractivity (Wildman–Crippen MR) is 99.1 cm³/mol. The molecule has 27 heavy (non-hydrogen) atoms. The maximum absolute atomic E-state index is 12.1.